The van der Waals surface area contributed by atoms with Gasteiger partial charge in [-0.3, -0.25) is 9.59 Å². The van der Waals surface area contributed by atoms with Crippen molar-refractivity contribution in [1.82, 2.24) is 4.90 Å². The van der Waals surface area contributed by atoms with Crippen molar-refractivity contribution in [2.24, 2.45) is 0 Å². The smallest absolute Gasteiger partial charge is 0.308 e. The first-order chi connectivity index (χ1) is 10.2. The summed E-state index contributed by atoms with van der Waals surface area (Å²) in [6.07, 6.45) is -0.0553. The van der Waals surface area contributed by atoms with Gasteiger partial charge in [0, 0.05) is 23.7 Å². The summed E-state index contributed by atoms with van der Waals surface area (Å²) in [7, 11) is 1.36. The number of methoxy groups -OCH3 is 1. The van der Waals surface area contributed by atoms with Crippen molar-refractivity contribution in [2.45, 2.75) is 18.3 Å². The Kier molecular flexibility index (Phi) is 6.53. The number of amides is 1. The number of morpholine rings is 1. The van der Waals surface area contributed by atoms with E-state index in [1.807, 2.05) is 11.4 Å². The highest BCUT2D eigenvalue weighted by molar-refractivity contribution is 7.99. The molecule has 1 unspecified atom stereocenters. The number of hydrogen-bond donors (Lipinski definition) is 0. The van der Waals surface area contributed by atoms with Crippen LogP contribution in [0.4, 0.5) is 0 Å². The van der Waals surface area contributed by atoms with Crippen molar-refractivity contribution >= 4 is 35.0 Å². The zero-order valence-corrected chi connectivity index (χ0v) is 13.6. The van der Waals surface area contributed by atoms with Crippen molar-refractivity contribution in [3.8, 4) is 0 Å². The van der Waals surface area contributed by atoms with Gasteiger partial charge in [0.25, 0.3) is 0 Å². The minimum absolute atomic E-state index is 0.106. The molecule has 7 heteroatoms. The maximum Gasteiger partial charge on any atom is 0.308 e. The van der Waals surface area contributed by atoms with E-state index in [1.54, 1.807) is 28.0 Å². The molecule has 1 atom stereocenters. The van der Waals surface area contributed by atoms with E-state index in [0.29, 0.717) is 25.4 Å². The SMILES string of the molecule is COC(=O)CC1CN(C(=O)CSCc2cccs2)CCO1. The second-order valence-electron chi connectivity index (χ2n) is 4.68. The average molecular weight is 329 g/mol. The highest BCUT2D eigenvalue weighted by atomic mass is 32.2. The molecule has 116 valence electrons. The predicted octanol–water partition coefficient (Wildman–Crippen LogP) is 1.77. The van der Waals surface area contributed by atoms with Crippen LogP contribution in [-0.2, 0) is 24.8 Å². The van der Waals surface area contributed by atoms with Gasteiger partial charge in [-0.2, -0.15) is 0 Å². The molecule has 2 rings (SSSR count). The van der Waals surface area contributed by atoms with E-state index >= 15 is 0 Å². The highest BCUT2D eigenvalue weighted by Crippen LogP contribution is 2.18. The summed E-state index contributed by atoms with van der Waals surface area (Å²) >= 11 is 3.32. The van der Waals surface area contributed by atoms with Crippen molar-refractivity contribution in [2.75, 3.05) is 32.6 Å². The number of thioether (sulfide) groups is 1. The molecule has 1 aliphatic rings. The van der Waals surface area contributed by atoms with E-state index < -0.39 is 0 Å². The van der Waals surface area contributed by atoms with Crippen LogP contribution in [0.15, 0.2) is 17.5 Å². The molecule has 21 heavy (non-hydrogen) atoms. The quantitative estimate of drug-likeness (QED) is 0.745. The van der Waals surface area contributed by atoms with Crippen LogP contribution >= 0.6 is 23.1 Å². The lowest BCUT2D eigenvalue weighted by Gasteiger charge is -2.32. The third-order valence-electron chi connectivity index (χ3n) is 3.16. The van der Waals surface area contributed by atoms with Gasteiger partial charge in [0.1, 0.15) is 0 Å². The molecule has 0 spiro atoms. The Balaban J connectivity index is 1.72. The van der Waals surface area contributed by atoms with Gasteiger partial charge in [0.2, 0.25) is 5.91 Å². The molecule has 5 nitrogen and oxygen atoms in total. The molecule has 1 aliphatic heterocycles. The lowest BCUT2D eigenvalue weighted by Crippen LogP contribution is -2.47. The maximum atomic E-state index is 12.2. The first kappa shape index (κ1) is 16.3. The van der Waals surface area contributed by atoms with Gasteiger partial charge in [-0.05, 0) is 11.4 Å². The van der Waals surface area contributed by atoms with Gasteiger partial charge in [0.05, 0.1) is 32.0 Å². The van der Waals surface area contributed by atoms with Gasteiger partial charge >= 0.3 is 5.97 Å². The predicted molar refractivity (Wildman–Crippen MR) is 83.4 cm³/mol. The molecule has 1 amide bonds. The largest absolute Gasteiger partial charge is 0.469 e. The zero-order chi connectivity index (χ0) is 15.1. The van der Waals surface area contributed by atoms with Crippen LogP contribution in [0.5, 0.6) is 0 Å². The van der Waals surface area contributed by atoms with Crippen molar-refractivity contribution in [1.29, 1.82) is 0 Å². The summed E-state index contributed by atoms with van der Waals surface area (Å²) in [5.74, 6) is 1.12. The van der Waals surface area contributed by atoms with E-state index in [-0.39, 0.29) is 24.4 Å². The number of esters is 1. The molecule has 1 saturated heterocycles. The number of nitrogens with zero attached hydrogens (tertiary/aromatic N) is 1. The lowest BCUT2D eigenvalue weighted by atomic mass is 10.2. The first-order valence-corrected chi connectivity index (χ1v) is 8.79. The number of hydrogen-bond acceptors (Lipinski definition) is 6. The molecular weight excluding hydrogens is 310 g/mol. The van der Waals surface area contributed by atoms with E-state index in [0.717, 1.165) is 5.75 Å². The fourth-order valence-corrected chi connectivity index (χ4v) is 3.83. The molecule has 1 fully saturated rings. The van der Waals surface area contributed by atoms with Crippen LogP contribution in [0, 0.1) is 0 Å². The molecule has 0 aliphatic carbocycles. The van der Waals surface area contributed by atoms with Crippen molar-refractivity contribution in [3.05, 3.63) is 22.4 Å². The Morgan fingerprint density at radius 1 is 1.57 bits per heavy atom. The zero-order valence-electron chi connectivity index (χ0n) is 11.9. The van der Waals surface area contributed by atoms with Crippen LogP contribution < -0.4 is 0 Å². The summed E-state index contributed by atoms with van der Waals surface area (Å²) in [6, 6.07) is 4.09. The van der Waals surface area contributed by atoms with Crippen molar-refractivity contribution in [3.63, 3.8) is 0 Å². The third kappa shape index (κ3) is 5.33. The normalized spacial score (nSPS) is 18.5. The number of ether oxygens (including phenoxy) is 2. The topological polar surface area (TPSA) is 55.8 Å². The molecule has 0 aromatic carbocycles. The molecule has 0 radical (unpaired) electrons. The summed E-state index contributed by atoms with van der Waals surface area (Å²) < 4.78 is 10.1. The Morgan fingerprint density at radius 3 is 3.14 bits per heavy atom. The van der Waals surface area contributed by atoms with Crippen LogP contribution in [-0.4, -0.2) is 55.4 Å². The minimum atomic E-state index is -0.304. The third-order valence-corrected chi connectivity index (χ3v) is 5.19. The van der Waals surface area contributed by atoms with Gasteiger partial charge in [-0.25, -0.2) is 0 Å². The lowest BCUT2D eigenvalue weighted by molar-refractivity contribution is -0.149. The van der Waals surface area contributed by atoms with Gasteiger partial charge < -0.3 is 14.4 Å². The second-order valence-corrected chi connectivity index (χ2v) is 6.70. The first-order valence-electron chi connectivity index (χ1n) is 6.75. The Hall–Kier alpha value is -1.05. The molecule has 0 N–H and O–H groups in total. The molecule has 1 aromatic rings. The number of carbonyl (C=O) groups is 2. The standard InChI is InChI=1S/C14H19NO4S2/c1-18-14(17)7-11-8-15(4-5-19-11)13(16)10-20-9-12-3-2-6-21-12/h2-3,6,11H,4-5,7-10H2,1H3. The highest BCUT2D eigenvalue weighted by Gasteiger charge is 2.26. The van der Waals surface area contributed by atoms with E-state index in [9.17, 15) is 9.59 Å². The van der Waals surface area contributed by atoms with Crippen LogP contribution in [0.3, 0.4) is 0 Å². The monoisotopic (exact) mass is 329 g/mol. The van der Waals surface area contributed by atoms with Crippen molar-refractivity contribution < 1.29 is 19.1 Å². The van der Waals surface area contributed by atoms with E-state index in [2.05, 4.69) is 10.8 Å². The van der Waals surface area contributed by atoms with E-state index in [1.165, 1.54) is 12.0 Å². The Morgan fingerprint density at radius 2 is 2.43 bits per heavy atom. The molecule has 2 heterocycles. The molecular formula is C14H19NO4S2. The fraction of sp³-hybridized carbons (Fsp3) is 0.571. The number of rotatable bonds is 6. The summed E-state index contributed by atoms with van der Waals surface area (Å²) in [6.45, 7) is 1.53. The number of thiophene rings is 1. The maximum absolute atomic E-state index is 12.2. The van der Waals surface area contributed by atoms with E-state index in [4.69, 9.17) is 4.74 Å². The molecule has 0 saturated carbocycles. The fourth-order valence-electron chi connectivity index (χ4n) is 2.06. The Bertz CT molecular complexity index is 464. The van der Waals surface area contributed by atoms with Gasteiger partial charge in [-0.1, -0.05) is 6.07 Å². The summed E-state index contributed by atoms with van der Waals surface area (Å²) in [4.78, 5) is 26.5. The van der Waals surface area contributed by atoms with Gasteiger partial charge in [-0.15, -0.1) is 23.1 Å². The minimum Gasteiger partial charge on any atom is -0.469 e. The van der Waals surface area contributed by atoms with Crippen LogP contribution in [0.2, 0.25) is 0 Å². The van der Waals surface area contributed by atoms with Crippen LogP contribution in [0.1, 0.15) is 11.3 Å². The van der Waals surface area contributed by atoms with Gasteiger partial charge in [0.15, 0.2) is 0 Å². The second kappa shape index (κ2) is 8.41. The molecule has 1 aromatic heterocycles. The van der Waals surface area contributed by atoms with Crippen LogP contribution in [0.25, 0.3) is 0 Å². The summed E-state index contributed by atoms with van der Waals surface area (Å²) in [5, 5.41) is 2.04. The summed E-state index contributed by atoms with van der Waals surface area (Å²) in [5.41, 5.74) is 0. The average Bonchev–Trinajstić information content (AvgIpc) is 3.00. The Labute approximate surface area is 132 Å². The number of carbonyl (C=O) groups excluding carboxylic acids is 2. The molecule has 0 bridgehead atoms.